The largest absolute Gasteiger partial charge is 0.465 e. The van der Waals surface area contributed by atoms with Gasteiger partial charge in [-0.15, -0.1) is 0 Å². The monoisotopic (exact) mass is 384 g/mol. The van der Waals surface area contributed by atoms with Gasteiger partial charge in [0, 0.05) is 10.8 Å². The quantitative estimate of drug-likeness (QED) is 0.415. The SMILES string of the molecule is CC(C)(C)C(=O)OCCC(CI)OC(=O)C(C)(C)C. The number of esters is 2. The van der Waals surface area contributed by atoms with E-state index in [-0.39, 0.29) is 24.6 Å². The molecule has 4 nitrogen and oxygen atoms in total. The number of alkyl halides is 1. The highest BCUT2D eigenvalue weighted by atomic mass is 127. The van der Waals surface area contributed by atoms with Gasteiger partial charge < -0.3 is 9.47 Å². The fourth-order valence-corrected chi connectivity index (χ4v) is 1.62. The molecule has 0 fully saturated rings. The van der Waals surface area contributed by atoms with Crippen LogP contribution < -0.4 is 0 Å². The summed E-state index contributed by atoms with van der Waals surface area (Å²) in [6, 6.07) is 0. The van der Waals surface area contributed by atoms with Gasteiger partial charge in [0.1, 0.15) is 6.10 Å². The van der Waals surface area contributed by atoms with Crippen LogP contribution in [0.2, 0.25) is 0 Å². The van der Waals surface area contributed by atoms with Crippen molar-refractivity contribution >= 4 is 34.5 Å². The van der Waals surface area contributed by atoms with Crippen LogP contribution in [-0.2, 0) is 19.1 Å². The molecule has 5 heteroatoms. The summed E-state index contributed by atoms with van der Waals surface area (Å²) in [7, 11) is 0. The maximum atomic E-state index is 11.8. The van der Waals surface area contributed by atoms with Gasteiger partial charge in [-0.3, -0.25) is 9.59 Å². The van der Waals surface area contributed by atoms with E-state index in [4.69, 9.17) is 9.47 Å². The molecule has 0 aliphatic carbocycles. The minimum absolute atomic E-state index is 0.208. The molecule has 112 valence electrons. The van der Waals surface area contributed by atoms with Crippen molar-refractivity contribution in [1.29, 1.82) is 0 Å². The van der Waals surface area contributed by atoms with Gasteiger partial charge >= 0.3 is 11.9 Å². The van der Waals surface area contributed by atoms with Gasteiger partial charge in [0.25, 0.3) is 0 Å². The van der Waals surface area contributed by atoms with E-state index in [9.17, 15) is 9.59 Å². The van der Waals surface area contributed by atoms with Crippen LogP contribution in [0.25, 0.3) is 0 Å². The van der Waals surface area contributed by atoms with Crippen molar-refractivity contribution in [3.05, 3.63) is 0 Å². The second-order valence-electron chi connectivity index (χ2n) is 6.61. The van der Waals surface area contributed by atoms with E-state index in [1.165, 1.54) is 0 Å². The van der Waals surface area contributed by atoms with Crippen molar-refractivity contribution in [2.45, 2.75) is 54.1 Å². The third-order valence-corrected chi connectivity index (χ3v) is 3.33. The number of ether oxygens (including phenoxy) is 2. The number of carbonyl (C=O) groups excluding carboxylic acids is 2. The van der Waals surface area contributed by atoms with Gasteiger partial charge in [0.2, 0.25) is 0 Å². The smallest absolute Gasteiger partial charge is 0.311 e. The fraction of sp³-hybridized carbons (Fsp3) is 0.857. The van der Waals surface area contributed by atoms with Crippen LogP contribution in [0.15, 0.2) is 0 Å². The standard InChI is InChI=1S/C14H25IO4/c1-13(2,3)11(16)18-8-7-10(9-15)19-12(17)14(4,5)6/h10H,7-9H2,1-6H3. The van der Waals surface area contributed by atoms with Crippen molar-refractivity contribution in [1.82, 2.24) is 0 Å². The van der Waals surface area contributed by atoms with Crippen molar-refractivity contribution in [3.63, 3.8) is 0 Å². The molecule has 0 aliphatic rings. The molecule has 0 aliphatic heterocycles. The minimum Gasteiger partial charge on any atom is -0.465 e. The normalized spacial score (nSPS) is 13.8. The minimum atomic E-state index is -0.508. The number of halogens is 1. The molecule has 0 heterocycles. The Bertz CT molecular complexity index is 312. The molecule has 0 amide bonds. The van der Waals surface area contributed by atoms with Crippen LogP contribution in [0.4, 0.5) is 0 Å². The Kier molecular flexibility index (Phi) is 7.32. The second-order valence-corrected chi connectivity index (χ2v) is 7.49. The van der Waals surface area contributed by atoms with Crippen LogP contribution in [0.5, 0.6) is 0 Å². The predicted octanol–water partition coefficient (Wildman–Crippen LogP) is 3.36. The van der Waals surface area contributed by atoms with Crippen molar-refractivity contribution in [3.8, 4) is 0 Å². The molecule has 0 N–H and O–H groups in total. The van der Waals surface area contributed by atoms with Gasteiger partial charge in [-0.25, -0.2) is 0 Å². The molecule has 19 heavy (non-hydrogen) atoms. The van der Waals surface area contributed by atoms with Crippen LogP contribution in [0, 0.1) is 10.8 Å². The zero-order chi connectivity index (χ0) is 15.3. The molecule has 0 radical (unpaired) electrons. The summed E-state index contributed by atoms with van der Waals surface area (Å²) in [6.07, 6.45) is 0.326. The molecule has 0 aromatic carbocycles. The predicted molar refractivity (Wildman–Crippen MR) is 83.3 cm³/mol. The Balaban J connectivity index is 4.16. The summed E-state index contributed by atoms with van der Waals surface area (Å²) in [4.78, 5) is 23.3. The van der Waals surface area contributed by atoms with E-state index in [0.717, 1.165) is 0 Å². The summed E-state index contributed by atoms with van der Waals surface area (Å²) < 4.78 is 11.3. The number of hydrogen-bond acceptors (Lipinski definition) is 4. The first-order valence-corrected chi connectivity index (χ1v) is 7.95. The van der Waals surface area contributed by atoms with Crippen molar-refractivity contribution in [2.75, 3.05) is 11.0 Å². The van der Waals surface area contributed by atoms with Crippen LogP contribution >= 0.6 is 22.6 Å². The summed E-state index contributed by atoms with van der Waals surface area (Å²) in [5.41, 5.74) is -1.01. The lowest BCUT2D eigenvalue weighted by Crippen LogP contribution is -2.30. The summed E-state index contributed by atoms with van der Waals surface area (Å²) in [5, 5.41) is 0. The highest BCUT2D eigenvalue weighted by Gasteiger charge is 2.27. The maximum Gasteiger partial charge on any atom is 0.311 e. The van der Waals surface area contributed by atoms with E-state index in [0.29, 0.717) is 10.8 Å². The fourth-order valence-electron chi connectivity index (χ4n) is 0.995. The Labute approximate surface area is 129 Å². The first-order valence-electron chi connectivity index (χ1n) is 6.42. The van der Waals surface area contributed by atoms with Crippen LogP contribution in [0.3, 0.4) is 0 Å². The molecule has 1 atom stereocenters. The summed E-state index contributed by atoms with van der Waals surface area (Å²) >= 11 is 2.17. The topological polar surface area (TPSA) is 52.6 Å². The van der Waals surface area contributed by atoms with E-state index in [1.807, 2.05) is 41.5 Å². The highest BCUT2D eigenvalue weighted by molar-refractivity contribution is 14.1. The maximum absolute atomic E-state index is 11.8. The van der Waals surface area contributed by atoms with E-state index >= 15 is 0 Å². The lowest BCUT2D eigenvalue weighted by Gasteiger charge is -2.23. The summed E-state index contributed by atoms with van der Waals surface area (Å²) in [5.74, 6) is -0.460. The number of rotatable bonds is 5. The van der Waals surface area contributed by atoms with Gasteiger partial charge in [-0.05, 0) is 41.5 Å². The summed E-state index contributed by atoms with van der Waals surface area (Å²) in [6.45, 7) is 11.2. The molecule has 0 rings (SSSR count). The van der Waals surface area contributed by atoms with E-state index in [1.54, 1.807) is 0 Å². The Morgan fingerprint density at radius 2 is 1.47 bits per heavy atom. The molecular weight excluding hydrogens is 359 g/mol. The van der Waals surface area contributed by atoms with Gasteiger partial charge in [-0.2, -0.15) is 0 Å². The zero-order valence-electron chi connectivity index (χ0n) is 12.7. The van der Waals surface area contributed by atoms with E-state index < -0.39 is 10.8 Å². The highest BCUT2D eigenvalue weighted by Crippen LogP contribution is 2.19. The Morgan fingerprint density at radius 3 is 1.84 bits per heavy atom. The molecule has 0 saturated carbocycles. The lowest BCUT2D eigenvalue weighted by molar-refractivity contribution is -0.159. The second kappa shape index (κ2) is 7.45. The molecular formula is C14H25IO4. The zero-order valence-corrected chi connectivity index (χ0v) is 14.9. The molecule has 0 spiro atoms. The molecule has 0 aromatic heterocycles. The molecule has 0 bridgehead atoms. The molecule has 0 saturated heterocycles. The van der Waals surface area contributed by atoms with Gasteiger partial charge in [-0.1, -0.05) is 22.6 Å². The van der Waals surface area contributed by atoms with Crippen molar-refractivity contribution < 1.29 is 19.1 Å². The van der Waals surface area contributed by atoms with Gasteiger partial charge in [0.15, 0.2) is 0 Å². The van der Waals surface area contributed by atoms with E-state index in [2.05, 4.69) is 22.6 Å². The average molecular weight is 384 g/mol. The first kappa shape index (κ1) is 18.7. The lowest BCUT2D eigenvalue weighted by atomic mass is 9.97. The van der Waals surface area contributed by atoms with Gasteiger partial charge in [0.05, 0.1) is 17.4 Å². The Hall–Kier alpha value is -0.330. The third-order valence-electron chi connectivity index (χ3n) is 2.34. The average Bonchev–Trinajstić information content (AvgIpc) is 2.24. The third kappa shape index (κ3) is 7.74. The van der Waals surface area contributed by atoms with Crippen molar-refractivity contribution in [2.24, 2.45) is 10.8 Å². The number of hydrogen-bond donors (Lipinski definition) is 0. The first-order chi connectivity index (χ1) is 8.48. The molecule has 0 aromatic rings. The van der Waals surface area contributed by atoms with Crippen LogP contribution in [0.1, 0.15) is 48.0 Å². The Morgan fingerprint density at radius 1 is 1.00 bits per heavy atom. The van der Waals surface area contributed by atoms with Crippen LogP contribution in [-0.4, -0.2) is 29.1 Å². The molecule has 1 unspecified atom stereocenters. The number of carbonyl (C=O) groups is 2.